The number of benzene rings is 1. The van der Waals surface area contributed by atoms with Crippen molar-refractivity contribution in [1.29, 1.82) is 0 Å². The highest BCUT2D eigenvalue weighted by Gasteiger charge is 2.49. The summed E-state index contributed by atoms with van der Waals surface area (Å²) in [5, 5.41) is 5.87. The van der Waals surface area contributed by atoms with Gasteiger partial charge < -0.3 is 9.47 Å². The third-order valence-electron chi connectivity index (χ3n) is 4.33. The summed E-state index contributed by atoms with van der Waals surface area (Å²) in [4.78, 5) is 0. The molecule has 134 valence electrons. The largest absolute Gasteiger partial charge is 0.341 e. The van der Waals surface area contributed by atoms with Crippen molar-refractivity contribution >= 4 is 33.5 Å². The van der Waals surface area contributed by atoms with E-state index in [1.165, 1.54) is 0 Å². The lowest BCUT2D eigenvalue weighted by Crippen LogP contribution is -2.34. The quantitative estimate of drug-likeness (QED) is 0.844. The van der Waals surface area contributed by atoms with Gasteiger partial charge >= 0.3 is 10.3 Å². The summed E-state index contributed by atoms with van der Waals surface area (Å²) in [6, 6.07) is 5.07. The van der Waals surface area contributed by atoms with Gasteiger partial charge in [-0.15, -0.1) is 0 Å². The molecule has 0 radical (unpaired) electrons. The Balaban J connectivity index is 1.87. The Kier molecular flexibility index (Phi) is 5.42. The molecule has 1 saturated carbocycles. The predicted molar refractivity (Wildman–Crippen MR) is 90.0 cm³/mol. The van der Waals surface area contributed by atoms with E-state index in [2.05, 4.69) is 0 Å². The van der Waals surface area contributed by atoms with Crippen molar-refractivity contribution < 1.29 is 22.1 Å². The number of ether oxygens (including phenoxy) is 2. The van der Waals surface area contributed by atoms with Crippen molar-refractivity contribution in [3.05, 3.63) is 33.8 Å². The van der Waals surface area contributed by atoms with Crippen LogP contribution in [0.15, 0.2) is 18.2 Å². The molecule has 0 aromatic heterocycles. The van der Waals surface area contributed by atoms with E-state index in [1.54, 1.807) is 18.2 Å². The van der Waals surface area contributed by atoms with Gasteiger partial charge in [-0.2, -0.15) is 8.42 Å². The maximum absolute atomic E-state index is 11.1. The predicted octanol–water partition coefficient (Wildman–Crippen LogP) is 3.33. The summed E-state index contributed by atoms with van der Waals surface area (Å²) in [6.45, 7) is -0.232. The molecular formula is C15H19Cl2NO5S. The summed E-state index contributed by atoms with van der Waals surface area (Å²) in [5.41, 5.74) is 0.687. The molecule has 2 atom stereocenters. The molecule has 6 nitrogen and oxygen atoms in total. The van der Waals surface area contributed by atoms with Gasteiger partial charge in [0.15, 0.2) is 5.79 Å². The first-order valence-corrected chi connectivity index (χ1v) is 9.98. The van der Waals surface area contributed by atoms with Gasteiger partial charge in [-0.05, 0) is 25.0 Å². The zero-order chi connectivity index (χ0) is 17.4. The standard InChI is InChI=1S/C15H19Cl2NO5S/c16-10-4-5-11(12(17)8-10)14-13(9-21-24(18,19)20)22-15(23-14)6-2-1-3-7-15/h4-5,8,13-14H,1-3,6-7,9H2,(H2,18,19,20)/t13-,14-/m1/s1. The number of halogens is 2. The van der Waals surface area contributed by atoms with E-state index in [1.807, 2.05) is 0 Å². The Morgan fingerprint density at radius 1 is 1.21 bits per heavy atom. The maximum atomic E-state index is 11.1. The molecule has 1 heterocycles. The molecular weight excluding hydrogens is 377 g/mol. The Bertz CT molecular complexity index is 706. The van der Waals surface area contributed by atoms with Crippen LogP contribution in [-0.4, -0.2) is 26.9 Å². The zero-order valence-corrected chi connectivity index (χ0v) is 15.2. The van der Waals surface area contributed by atoms with Crippen LogP contribution in [0.4, 0.5) is 0 Å². The van der Waals surface area contributed by atoms with Crippen LogP contribution >= 0.6 is 23.2 Å². The van der Waals surface area contributed by atoms with Crippen molar-refractivity contribution in [3.8, 4) is 0 Å². The van der Waals surface area contributed by atoms with Crippen LogP contribution in [0, 0.1) is 0 Å². The van der Waals surface area contributed by atoms with Gasteiger partial charge in [0.2, 0.25) is 0 Å². The topological polar surface area (TPSA) is 87.9 Å². The molecule has 1 aliphatic carbocycles. The molecule has 1 aromatic rings. The highest BCUT2D eigenvalue weighted by atomic mass is 35.5. The number of hydrogen-bond acceptors (Lipinski definition) is 5. The lowest BCUT2D eigenvalue weighted by molar-refractivity contribution is -0.196. The smallest absolute Gasteiger partial charge is 0.333 e. The molecule has 3 rings (SSSR count). The molecule has 2 N–H and O–H groups in total. The average Bonchev–Trinajstić information content (AvgIpc) is 2.83. The minimum Gasteiger partial charge on any atom is -0.341 e. The highest BCUT2D eigenvalue weighted by molar-refractivity contribution is 7.84. The van der Waals surface area contributed by atoms with E-state index < -0.39 is 28.3 Å². The zero-order valence-electron chi connectivity index (χ0n) is 12.9. The van der Waals surface area contributed by atoms with E-state index in [0.29, 0.717) is 15.6 Å². The van der Waals surface area contributed by atoms with Crippen LogP contribution in [0.5, 0.6) is 0 Å². The van der Waals surface area contributed by atoms with E-state index in [9.17, 15) is 8.42 Å². The van der Waals surface area contributed by atoms with E-state index >= 15 is 0 Å². The van der Waals surface area contributed by atoms with Crippen molar-refractivity contribution in [2.75, 3.05) is 6.61 Å². The number of hydrogen-bond donors (Lipinski definition) is 1. The van der Waals surface area contributed by atoms with Gasteiger partial charge in [0.25, 0.3) is 0 Å². The SMILES string of the molecule is NS(=O)(=O)OC[C@H]1OC2(CCCCC2)O[C@@H]1c1ccc(Cl)cc1Cl. The summed E-state index contributed by atoms with van der Waals surface area (Å²) in [6.07, 6.45) is 3.43. The number of nitrogens with two attached hydrogens (primary N) is 1. The van der Waals surface area contributed by atoms with Gasteiger partial charge in [0.05, 0.1) is 6.61 Å². The normalized spacial score (nSPS) is 26.8. The van der Waals surface area contributed by atoms with Crippen molar-refractivity contribution in [2.24, 2.45) is 5.14 Å². The highest BCUT2D eigenvalue weighted by Crippen LogP contribution is 2.47. The monoisotopic (exact) mass is 395 g/mol. The van der Waals surface area contributed by atoms with Crippen LogP contribution in [-0.2, 0) is 24.0 Å². The lowest BCUT2D eigenvalue weighted by atomic mass is 9.94. The Morgan fingerprint density at radius 3 is 2.54 bits per heavy atom. The lowest BCUT2D eigenvalue weighted by Gasteiger charge is -2.32. The van der Waals surface area contributed by atoms with Crippen molar-refractivity contribution in [2.45, 2.75) is 50.1 Å². The Hall–Kier alpha value is -0.410. The summed E-state index contributed by atoms with van der Waals surface area (Å²) < 4.78 is 39.3. The molecule has 0 amide bonds. The third kappa shape index (κ3) is 4.22. The van der Waals surface area contributed by atoms with Crippen LogP contribution in [0.1, 0.15) is 43.8 Å². The molecule has 1 aromatic carbocycles. The molecule has 1 spiro atoms. The van der Waals surface area contributed by atoms with Gasteiger partial charge in [-0.25, -0.2) is 5.14 Å². The second-order valence-electron chi connectivity index (χ2n) is 6.11. The van der Waals surface area contributed by atoms with Crippen molar-refractivity contribution in [3.63, 3.8) is 0 Å². The second-order valence-corrected chi connectivity index (χ2v) is 8.17. The molecule has 1 saturated heterocycles. The summed E-state index contributed by atoms with van der Waals surface area (Å²) in [7, 11) is -4.07. The fourth-order valence-corrected chi connectivity index (χ4v) is 4.12. The third-order valence-corrected chi connectivity index (χ3v) is 5.35. The van der Waals surface area contributed by atoms with Crippen LogP contribution < -0.4 is 5.14 Å². The molecule has 0 unspecified atom stereocenters. The summed E-state index contributed by atoms with van der Waals surface area (Å²) >= 11 is 12.2. The molecule has 24 heavy (non-hydrogen) atoms. The van der Waals surface area contributed by atoms with E-state index in [0.717, 1.165) is 32.1 Å². The minimum atomic E-state index is -4.07. The van der Waals surface area contributed by atoms with Crippen LogP contribution in [0.2, 0.25) is 10.0 Å². The maximum Gasteiger partial charge on any atom is 0.333 e. The van der Waals surface area contributed by atoms with Gasteiger partial charge in [0, 0.05) is 28.5 Å². The van der Waals surface area contributed by atoms with Gasteiger partial charge in [-0.3, -0.25) is 4.18 Å². The van der Waals surface area contributed by atoms with Gasteiger partial charge in [0.1, 0.15) is 12.2 Å². The van der Waals surface area contributed by atoms with Crippen molar-refractivity contribution in [1.82, 2.24) is 0 Å². The minimum absolute atomic E-state index is 0.232. The molecule has 0 bridgehead atoms. The molecule has 1 aliphatic heterocycles. The van der Waals surface area contributed by atoms with E-state index in [-0.39, 0.29) is 6.61 Å². The first-order valence-electron chi connectivity index (χ1n) is 7.76. The fourth-order valence-electron chi connectivity index (χ4n) is 3.28. The molecule has 2 aliphatic rings. The average molecular weight is 396 g/mol. The number of rotatable bonds is 4. The first kappa shape index (κ1) is 18.4. The second kappa shape index (κ2) is 7.07. The Labute approximate surface area is 151 Å². The summed E-state index contributed by atoms with van der Waals surface area (Å²) in [5.74, 6) is -0.724. The first-order chi connectivity index (χ1) is 11.3. The molecule has 9 heteroatoms. The van der Waals surface area contributed by atoms with Crippen LogP contribution in [0.3, 0.4) is 0 Å². The van der Waals surface area contributed by atoms with E-state index in [4.69, 9.17) is 42.0 Å². The van der Waals surface area contributed by atoms with Crippen LogP contribution in [0.25, 0.3) is 0 Å². The van der Waals surface area contributed by atoms with Gasteiger partial charge in [-0.1, -0.05) is 35.7 Å². The fraction of sp³-hybridized carbons (Fsp3) is 0.600. The molecule has 2 fully saturated rings. The Morgan fingerprint density at radius 2 is 1.92 bits per heavy atom.